The molecule has 0 saturated heterocycles. The van der Waals surface area contributed by atoms with Crippen molar-refractivity contribution in [3.8, 4) is 6.07 Å². The smallest absolute Gasteiger partial charge is 0.0991 e. The van der Waals surface area contributed by atoms with Gasteiger partial charge in [-0.25, -0.2) is 0 Å². The largest absolute Gasteiger partial charge is 0.399 e. The van der Waals surface area contributed by atoms with Gasteiger partial charge >= 0.3 is 0 Å². The molecule has 0 atom stereocenters. The lowest BCUT2D eigenvalue weighted by Crippen LogP contribution is -2.09. The van der Waals surface area contributed by atoms with Crippen molar-refractivity contribution in [3.63, 3.8) is 0 Å². The van der Waals surface area contributed by atoms with E-state index < -0.39 is 0 Å². The van der Waals surface area contributed by atoms with Crippen LogP contribution < -0.4 is 10.6 Å². The fourth-order valence-corrected chi connectivity index (χ4v) is 1.78. The molecule has 18 heavy (non-hydrogen) atoms. The summed E-state index contributed by atoms with van der Waals surface area (Å²) in [5.41, 5.74) is 10.5. The maximum absolute atomic E-state index is 8.77. The van der Waals surface area contributed by atoms with Crippen LogP contribution in [0.25, 0.3) is 0 Å². The normalized spacial score (nSPS) is 9.83. The Morgan fingerprint density at radius 1 is 1.06 bits per heavy atom. The van der Waals surface area contributed by atoms with E-state index >= 15 is 0 Å². The number of anilines is 3. The van der Waals surface area contributed by atoms with Crippen LogP contribution >= 0.6 is 0 Å². The van der Waals surface area contributed by atoms with Gasteiger partial charge in [-0.2, -0.15) is 5.26 Å². The summed E-state index contributed by atoms with van der Waals surface area (Å²) in [4.78, 5) is 2.06. The van der Waals surface area contributed by atoms with Gasteiger partial charge in [0.05, 0.1) is 11.6 Å². The van der Waals surface area contributed by atoms with Gasteiger partial charge in [0.15, 0.2) is 0 Å². The van der Waals surface area contributed by atoms with E-state index in [0.29, 0.717) is 5.56 Å². The Morgan fingerprint density at radius 2 is 1.67 bits per heavy atom. The molecule has 0 fully saturated rings. The molecule has 2 aromatic rings. The van der Waals surface area contributed by atoms with Gasteiger partial charge in [0, 0.05) is 24.1 Å². The molecule has 0 heterocycles. The van der Waals surface area contributed by atoms with Crippen molar-refractivity contribution in [2.75, 3.05) is 17.7 Å². The van der Waals surface area contributed by atoms with Gasteiger partial charge in [-0.1, -0.05) is 0 Å². The summed E-state index contributed by atoms with van der Waals surface area (Å²) in [5.74, 6) is 0. The van der Waals surface area contributed by atoms with Crippen LogP contribution in [-0.4, -0.2) is 7.05 Å². The zero-order valence-electron chi connectivity index (χ0n) is 10.5. The molecule has 0 radical (unpaired) electrons. The Labute approximate surface area is 107 Å². The maximum atomic E-state index is 8.77. The Bertz CT molecular complexity index is 594. The first-order valence-electron chi connectivity index (χ1n) is 5.72. The number of hydrogen-bond acceptors (Lipinski definition) is 3. The highest BCUT2D eigenvalue weighted by Gasteiger charge is 2.05. The van der Waals surface area contributed by atoms with Gasteiger partial charge in [-0.15, -0.1) is 0 Å². The molecule has 0 aliphatic carbocycles. The van der Waals surface area contributed by atoms with E-state index in [0.717, 1.165) is 22.6 Å². The summed E-state index contributed by atoms with van der Waals surface area (Å²) < 4.78 is 0. The van der Waals surface area contributed by atoms with Gasteiger partial charge in [-0.05, 0) is 55.0 Å². The number of aryl methyl sites for hydroxylation is 1. The molecule has 0 aliphatic heterocycles. The Balaban J connectivity index is 2.32. The van der Waals surface area contributed by atoms with Crippen molar-refractivity contribution in [1.82, 2.24) is 0 Å². The van der Waals surface area contributed by atoms with E-state index in [2.05, 4.69) is 11.0 Å². The summed E-state index contributed by atoms with van der Waals surface area (Å²) in [6.45, 7) is 1.99. The number of benzene rings is 2. The second-order valence-corrected chi connectivity index (χ2v) is 4.26. The third-order valence-electron chi connectivity index (χ3n) is 3.02. The summed E-state index contributed by atoms with van der Waals surface area (Å²) in [6.07, 6.45) is 0. The molecule has 0 bridgehead atoms. The third-order valence-corrected chi connectivity index (χ3v) is 3.02. The van der Waals surface area contributed by atoms with E-state index in [1.807, 2.05) is 56.4 Å². The summed E-state index contributed by atoms with van der Waals surface area (Å²) in [5, 5.41) is 8.77. The topological polar surface area (TPSA) is 53.0 Å². The van der Waals surface area contributed by atoms with Gasteiger partial charge in [0.1, 0.15) is 0 Å². The van der Waals surface area contributed by atoms with Crippen molar-refractivity contribution in [3.05, 3.63) is 53.6 Å². The molecule has 0 aromatic heterocycles. The molecule has 3 nitrogen and oxygen atoms in total. The van der Waals surface area contributed by atoms with E-state index in [1.54, 1.807) is 0 Å². The first-order chi connectivity index (χ1) is 8.61. The minimum atomic E-state index is 0.667. The second kappa shape index (κ2) is 4.80. The quantitative estimate of drug-likeness (QED) is 0.816. The van der Waals surface area contributed by atoms with E-state index in [9.17, 15) is 0 Å². The molecular formula is C15H15N3. The molecule has 2 N–H and O–H groups in total. The lowest BCUT2D eigenvalue weighted by molar-refractivity contribution is 1.20. The number of rotatable bonds is 2. The summed E-state index contributed by atoms with van der Waals surface area (Å²) >= 11 is 0. The SMILES string of the molecule is Cc1cc(N(C)c2ccc(C#N)cc2)ccc1N. The highest BCUT2D eigenvalue weighted by molar-refractivity contribution is 5.66. The molecule has 0 saturated carbocycles. The number of hydrogen-bond donors (Lipinski definition) is 1. The number of nitrogen functional groups attached to an aromatic ring is 1. The summed E-state index contributed by atoms with van der Waals surface area (Å²) in [7, 11) is 1.99. The molecule has 0 spiro atoms. The van der Waals surface area contributed by atoms with Crippen LogP contribution in [0.5, 0.6) is 0 Å². The van der Waals surface area contributed by atoms with Crippen LogP contribution in [0.3, 0.4) is 0 Å². The van der Waals surface area contributed by atoms with Crippen molar-refractivity contribution >= 4 is 17.1 Å². The van der Waals surface area contributed by atoms with E-state index in [-0.39, 0.29) is 0 Å². The summed E-state index contributed by atoms with van der Waals surface area (Å²) in [6, 6.07) is 15.6. The molecule has 2 aromatic carbocycles. The van der Waals surface area contributed by atoms with E-state index in [4.69, 9.17) is 11.0 Å². The van der Waals surface area contributed by atoms with Gasteiger partial charge < -0.3 is 10.6 Å². The first-order valence-corrected chi connectivity index (χ1v) is 5.72. The lowest BCUT2D eigenvalue weighted by atomic mass is 10.1. The van der Waals surface area contributed by atoms with Crippen LogP contribution in [0.15, 0.2) is 42.5 Å². The number of nitrogens with two attached hydrogens (primary N) is 1. The third kappa shape index (κ3) is 2.28. The fraction of sp³-hybridized carbons (Fsp3) is 0.133. The van der Waals surface area contributed by atoms with Crippen LogP contribution in [0.2, 0.25) is 0 Å². The molecule has 90 valence electrons. The average molecular weight is 237 g/mol. The predicted octanol–water partition coefficient (Wildman–Crippen LogP) is 3.22. The van der Waals surface area contributed by atoms with Crippen LogP contribution in [0.4, 0.5) is 17.1 Å². The zero-order chi connectivity index (χ0) is 13.1. The minimum absolute atomic E-state index is 0.667. The Hall–Kier alpha value is -2.47. The first kappa shape index (κ1) is 12.0. The average Bonchev–Trinajstić information content (AvgIpc) is 2.41. The number of nitriles is 1. The Kier molecular flexibility index (Phi) is 3.20. The monoisotopic (exact) mass is 237 g/mol. The molecule has 0 unspecified atom stereocenters. The number of nitrogens with zero attached hydrogens (tertiary/aromatic N) is 2. The van der Waals surface area contributed by atoms with Crippen molar-refractivity contribution < 1.29 is 0 Å². The van der Waals surface area contributed by atoms with Crippen LogP contribution in [0, 0.1) is 18.3 Å². The molecule has 2 rings (SSSR count). The molecule has 3 heteroatoms. The fourth-order valence-electron chi connectivity index (χ4n) is 1.78. The van der Waals surface area contributed by atoms with Gasteiger partial charge in [0.25, 0.3) is 0 Å². The van der Waals surface area contributed by atoms with E-state index in [1.165, 1.54) is 0 Å². The van der Waals surface area contributed by atoms with Gasteiger partial charge in [-0.3, -0.25) is 0 Å². The highest BCUT2D eigenvalue weighted by atomic mass is 15.1. The van der Waals surface area contributed by atoms with Gasteiger partial charge in [0.2, 0.25) is 0 Å². The lowest BCUT2D eigenvalue weighted by Gasteiger charge is -2.20. The van der Waals surface area contributed by atoms with Crippen LogP contribution in [0.1, 0.15) is 11.1 Å². The molecular weight excluding hydrogens is 222 g/mol. The maximum Gasteiger partial charge on any atom is 0.0991 e. The predicted molar refractivity (Wildman–Crippen MR) is 74.8 cm³/mol. The highest BCUT2D eigenvalue weighted by Crippen LogP contribution is 2.26. The van der Waals surface area contributed by atoms with Crippen molar-refractivity contribution in [2.45, 2.75) is 6.92 Å². The Morgan fingerprint density at radius 3 is 2.22 bits per heavy atom. The molecule has 0 amide bonds. The molecule has 0 aliphatic rings. The zero-order valence-corrected chi connectivity index (χ0v) is 10.5. The minimum Gasteiger partial charge on any atom is -0.399 e. The second-order valence-electron chi connectivity index (χ2n) is 4.26. The standard InChI is InChI=1S/C15H15N3/c1-11-9-14(7-8-15(11)17)18(2)13-5-3-12(10-16)4-6-13/h3-9H,17H2,1-2H3. The van der Waals surface area contributed by atoms with Crippen molar-refractivity contribution in [1.29, 1.82) is 5.26 Å². The van der Waals surface area contributed by atoms with Crippen LogP contribution in [-0.2, 0) is 0 Å². The van der Waals surface area contributed by atoms with Crippen molar-refractivity contribution in [2.24, 2.45) is 0 Å².